The molecule has 0 aliphatic carbocycles. The fourth-order valence-corrected chi connectivity index (χ4v) is 3.42. The Balaban J connectivity index is 1.84. The molecule has 2 aromatic carbocycles. The van der Waals surface area contributed by atoms with Gasteiger partial charge in [-0.25, -0.2) is 18.1 Å². The molecule has 3 aromatic rings. The third-order valence-corrected chi connectivity index (χ3v) is 4.78. The highest BCUT2D eigenvalue weighted by atomic mass is 32.2. The first-order valence-electron chi connectivity index (χ1n) is 6.84. The number of nitriles is 1. The normalized spacial score (nSPS) is 11.5. The molecule has 1 aromatic heterocycles. The van der Waals surface area contributed by atoms with Gasteiger partial charge in [-0.3, -0.25) is 0 Å². The number of oxazole rings is 1. The van der Waals surface area contributed by atoms with Crippen LogP contribution in [0.3, 0.4) is 0 Å². The van der Waals surface area contributed by atoms with Crippen LogP contribution in [-0.4, -0.2) is 13.4 Å². The van der Waals surface area contributed by atoms with Crippen LogP contribution in [-0.2, 0) is 16.6 Å². The van der Waals surface area contributed by atoms with E-state index in [9.17, 15) is 8.42 Å². The maximum atomic E-state index is 12.4. The Morgan fingerprint density at radius 1 is 1.26 bits per heavy atom. The van der Waals surface area contributed by atoms with Gasteiger partial charge in [-0.2, -0.15) is 5.26 Å². The SMILES string of the molecule is Cc1nc2cc(CNS(=O)(=O)c3ccccc3C#N)ccc2o1. The van der Waals surface area contributed by atoms with Gasteiger partial charge in [0.25, 0.3) is 0 Å². The molecule has 1 N–H and O–H groups in total. The topological polar surface area (TPSA) is 96.0 Å². The second-order valence-electron chi connectivity index (χ2n) is 4.97. The number of nitrogens with zero attached hydrogens (tertiary/aromatic N) is 2. The lowest BCUT2D eigenvalue weighted by Crippen LogP contribution is -2.24. The van der Waals surface area contributed by atoms with Crippen molar-refractivity contribution in [3.63, 3.8) is 0 Å². The van der Waals surface area contributed by atoms with E-state index in [2.05, 4.69) is 9.71 Å². The summed E-state index contributed by atoms with van der Waals surface area (Å²) >= 11 is 0. The number of benzene rings is 2. The lowest BCUT2D eigenvalue weighted by molar-refractivity contribution is 0.561. The predicted octanol–water partition coefficient (Wildman–Crippen LogP) is 2.49. The van der Waals surface area contributed by atoms with Gasteiger partial charge in [0.1, 0.15) is 11.6 Å². The molecule has 0 aliphatic rings. The Hall–Kier alpha value is -2.69. The van der Waals surface area contributed by atoms with Crippen molar-refractivity contribution in [2.75, 3.05) is 0 Å². The number of aryl methyl sites for hydroxylation is 1. The van der Waals surface area contributed by atoms with Crippen LogP contribution in [0, 0.1) is 18.3 Å². The van der Waals surface area contributed by atoms with Crippen molar-refractivity contribution >= 4 is 21.1 Å². The highest BCUT2D eigenvalue weighted by molar-refractivity contribution is 7.89. The van der Waals surface area contributed by atoms with Crippen molar-refractivity contribution in [2.45, 2.75) is 18.4 Å². The smallest absolute Gasteiger partial charge is 0.242 e. The number of sulfonamides is 1. The van der Waals surface area contributed by atoms with Crippen molar-refractivity contribution < 1.29 is 12.8 Å². The monoisotopic (exact) mass is 327 g/mol. The average molecular weight is 327 g/mol. The molecule has 6 nitrogen and oxygen atoms in total. The molecule has 116 valence electrons. The van der Waals surface area contributed by atoms with E-state index < -0.39 is 10.0 Å². The van der Waals surface area contributed by atoms with E-state index in [0.29, 0.717) is 17.0 Å². The van der Waals surface area contributed by atoms with E-state index in [1.165, 1.54) is 12.1 Å². The second kappa shape index (κ2) is 5.83. The van der Waals surface area contributed by atoms with Crippen molar-refractivity contribution in [3.05, 3.63) is 59.5 Å². The molecule has 0 spiro atoms. The molecule has 0 unspecified atom stereocenters. The minimum atomic E-state index is -3.77. The van der Waals surface area contributed by atoms with E-state index in [-0.39, 0.29) is 17.0 Å². The zero-order chi connectivity index (χ0) is 16.4. The van der Waals surface area contributed by atoms with Crippen LogP contribution in [0.15, 0.2) is 51.8 Å². The van der Waals surface area contributed by atoms with Gasteiger partial charge in [0.05, 0.1) is 10.5 Å². The van der Waals surface area contributed by atoms with Gasteiger partial charge in [0.15, 0.2) is 11.5 Å². The Kier molecular flexibility index (Phi) is 3.86. The Bertz CT molecular complexity index is 1020. The van der Waals surface area contributed by atoms with E-state index >= 15 is 0 Å². The summed E-state index contributed by atoms with van der Waals surface area (Å²) in [5.74, 6) is 0.556. The number of nitrogens with one attached hydrogen (secondary N) is 1. The predicted molar refractivity (Wildman–Crippen MR) is 83.9 cm³/mol. The van der Waals surface area contributed by atoms with E-state index in [1.807, 2.05) is 6.07 Å². The maximum Gasteiger partial charge on any atom is 0.242 e. The highest BCUT2D eigenvalue weighted by Crippen LogP contribution is 2.18. The molecule has 0 saturated heterocycles. The Morgan fingerprint density at radius 2 is 2.04 bits per heavy atom. The van der Waals surface area contributed by atoms with Crippen LogP contribution in [0.25, 0.3) is 11.1 Å². The summed E-state index contributed by atoms with van der Waals surface area (Å²) in [5.41, 5.74) is 2.20. The van der Waals surface area contributed by atoms with Gasteiger partial charge in [0.2, 0.25) is 10.0 Å². The molecule has 0 atom stereocenters. The number of hydrogen-bond donors (Lipinski definition) is 1. The van der Waals surface area contributed by atoms with Crippen LogP contribution in [0.1, 0.15) is 17.0 Å². The zero-order valence-corrected chi connectivity index (χ0v) is 13.1. The quantitative estimate of drug-likeness (QED) is 0.794. The van der Waals surface area contributed by atoms with Gasteiger partial charge < -0.3 is 4.42 Å². The molecule has 0 radical (unpaired) electrons. The second-order valence-corrected chi connectivity index (χ2v) is 6.70. The minimum absolute atomic E-state index is 0.0270. The number of hydrogen-bond acceptors (Lipinski definition) is 5. The third kappa shape index (κ3) is 3.08. The first-order chi connectivity index (χ1) is 11.0. The molecular formula is C16H13N3O3S. The zero-order valence-electron chi connectivity index (χ0n) is 12.3. The van der Waals surface area contributed by atoms with Gasteiger partial charge in [-0.1, -0.05) is 18.2 Å². The van der Waals surface area contributed by atoms with Crippen LogP contribution in [0.2, 0.25) is 0 Å². The summed E-state index contributed by atoms with van der Waals surface area (Å²) in [5, 5.41) is 9.03. The van der Waals surface area contributed by atoms with E-state index in [1.54, 1.807) is 37.3 Å². The molecule has 7 heteroatoms. The first-order valence-corrected chi connectivity index (χ1v) is 8.33. The first kappa shape index (κ1) is 15.2. The van der Waals surface area contributed by atoms with E-state index in [4.69, 9.17) is 9.68 Å². The largest absolute Gasteiger partial charge is 0.441 e. The molecule has 23 heavy (non-hydrogen) atoms. The van der Waals surface area contributed by atoms with Gasteiger partial charge >= 0.3 is 0 Å². The summed E-state index contributed by atoms with van der Waals surface area (Å²) in [6.07, 6.45) is 0. The summed E-state index contributed by atoms with van der Waals surface area (Å²) in [4.78, 5) is 4.19. The fraction of sp³-hybridized carbons (Fsp3) is 0.125. The standard InChI is InChI=1S/C16H13N3O3S/c1-11-19-14-8-12(6-7-15(14)22-11)10-18-23(20,21)16-5-3-2-4-13(16)9-17/h2-8,18H,10H2,1H3. The number of rotatable bonds is 4. The lowest BCUT2D eigenvalue weighted by Gasteiger charge is -2.08. The van der Waals surface area contributed by atoms with Gasteiger partial charge in [-0.15, -0.1) is 0 Å². The highest BCUT2D eigenvalue weighted by Gasteiger charge is 2.17. The molecule has 1 heterocycles. The molecular weight excluding hydrogens is 314 g/mol. The molecule has 3 rings (SSSR count). The Morgan fingerprint density at radius 3 is 2.83 bits per heavy atom. The van der Waals surface area contributed by atoms with Gasteiger partial charge in [-0.05, 0) is 29.8 Å². The van der Waals surface area contributed by atoms with Crippen LogP contribution in [0.5, 0.6) is 0 Å². The summed E-state index contributed by atoms with van der Waals surface area (Å²) < 4.78 is 32.6. The van der Waals surface area contributed by atoms with Crippen LogP contribution < -0.4 is 4.72 Å². The van der Waals surface area contributed by atoms with Crippen LogP contribution in [0.4, 0.5) is 0 Å². The van der Waals surface area contributed by atoms with E-state index in [0.717, 1.165) is 5.56 Å². The van der Waals surface area contributed by atoms with Gasteiger partial charge in [0, 0.05) is 13.5 Å². The molecule has 0 bridgehead atoms. The van der Waals surface area contributed by atoms with Crippen molar-refractivity contribution in [1.29, 1.82) is 5.26 Å². The van der Waals surface area contributed by atoms with Crippen molar-refractivity contribution in [3.8, 4) is 6.07 Å². The molecule has 0 amide bonds. The molecule has 0 fully saturated rings. The van der Waals surface area contributed by atoms with Crippen molar-refractivity contribution in [2.24, 2.45) is 0 Å². The summed E-state index contributed by atoms with van der Waals surface area (Å²) in [6.45, 7) is 1.85. The minimum Gasteiger partial charge on any atom is -0.441 e. The Labute approximate surface area is 133 Å². The number of aromatic nitrogens is 1. The maximum absolute atomic E-state index is 12.4. The number of fused-ring (bicyclic) bond motifs is 1. The summed E-state index contributed by atoms with van der Waals surface area (Å²) in [6, 6.07) is 13.3. The average Bonchev–Trinajstić information content (AvgIpc) is 2.92. The fourth-order valence-electron chi connectivity index (χ4n) is 2.25. The third-order valence-electron chi connectivity index (χ3n) is 3.32. The molecule has 0 aliphatic heterocycles. The lowest BCUT2D eigenvalue weighted by atomic mass is 10.2. The van der Waals surface area contributed by atoms with Crippen molar-refractivity contribution in [1.82, 2.24) is 9.71 Å². The molecule has 0 saturated carbocycles. The summed E-state index contributed by atoms with van der Waals surface area (Å²) in [7, 11) is -3.77. The van der Waals surface area contributed by atoms with Crippen LogP contribution >= 0.6 is 0 Å².